The van der Waals surface area contributed by atoms with Crippen LogP contribution in [0.15, 0.2) is 18.2 Å². The van der Waals surface area contributed by atoms with Crippen LogP contribution in [0.1, 0.15) is 12.5 Å². The number of rotatable bonds is 6. The summed E-state index contributed by atoms with van der Waals surface area (Å²) in [6, 6.07) is 4.14. The molecule has 0 unspecified atom stereocenters. The van der Waals surface area contributed by atoms with Crippen LogP contribution in [0.25, 0.3) is 0 Å². The van der Waals surface area contributed by atoms with Gasteiger partial charge in [0.1, 0.15) is 11.7 Å². The molecule has 1 amide bonds. The molecule has 9 heteroatoms. The number of ether oxygens (including phenoxy) is 1. The number of nitro benzene ring substituents is 1. The lowest BCUT2D eigenvalue weighted by atomic mass is 10.1. The Balaban J connectivity index is 2.09. The van der Waals surface area contributed by atoms with Gasteiger partial charge in [-0.15, -0.1) is 0 Å². The molecule has 1 aliphatic heterocycles. The highest BCUT2D eigenvalue weighted by molar-refractivity contribution is 7.99. The lowest BCUT2D eigenvalue weighted by Crippen LogP contribution is -2.50. The van der Waals surface area contributed by atoms with Crippen LogP contribution in [0.4, 0.5) is 11.4 Å². The van der Waals surface area contributed by atoms with Crippen molar-refractivity contribution in [2.24, 2.45) is 0 Å². The number of hydrogen-bond acceptors (Lipinski definition) is 7. The van der Waals surface area contributed by atoms with Gasteiger partial charge in [-0.1, -0.05) is 12.1 Å². The largest absolute Gasteiger partial charge is 0.465 e. The van der Waals surface area contributed by atoms with Crippen LogP contribution in [0.5, 0.6) is 0 Å². The lowest BCUT2D eigenvalue weighted by Gasteiger charge is -2.32. The summed E-state index contributed by atoms with van der Waals surface area (Å²) in [5.41, 5.74) is 0.653. The second-order valence-corrected chi connectivity index (χ2v) is 6.74. The molecule has 8 nitrogen and oxygen atoms in total. The molecule has 1 heterocycles. The molecule has 1 fully saturated rings. The monoisotopic (exact) mass is 367 g/mol. The Morgan fingerprint density at radius 2 is 2.24 bits per heavy atom. The van der Waals surface area contributed by atoms with Crippen LogP contribution in [-0.4, -0.2) is 58.9 Å². The zero-order valence-electron chi connectivity index (χ0n) is 14.2. The van der Waals surface area contributed by atoms with Gasteiger partial charge in [0.05, 0.1) is 18.1 Å². The number of aryl methyl sites for hydroxylation is 1. The molecular formula is C16H21N3O5S. The fraction of sp³-hybridized carbons (Fsp3) is 0.500. The summed E-state index contributed by atoms with van der Waals surface area (Å²) in [7, 11) is 0. The van der Waals surface area contributed by atoms with E-state index in [1.165, 1.54) is 6.07 Å². The van der Waals surface area contributed by atoms with Crippen LogP contribution >= 0.6 is 11.8 Å². The normalized spacial score (nSPS) is 17.8. The summed E-state index contributed by atoms with van der Waals surface area (Å²) < 4.78 is 5.07. The van der Waals surface area contributed by atoms with E-state index in [0.29, 0.717) is 17.9 Å². The fourth-order valence-corrected chi connectivity index (χ4v) is 3.71. The van der Waals surface area contributed by atoms with Crippen molar-refractivity contribution in [3.63, 3.8) is 0 Å². The number of para-hydroxylation sites is 1. The molecule has 1 aromatic rings. The minimum atomic E-state index is -0.526. The highest BCUT2D eigenvalue weighted by atomic mass is 32.2. The van der Waals surface area contributed by atoms with Crippen LogP contribution in [-0.2, 0) is 14.3 Å². The third kappa shape index (κ3) is 4.93. The first-order valence-electron chi connectivity index (χ1n) is 7.96. The number of carbonyl (C=O) groups is 2. The van der Waals surface area contributed by atoms with E-state index in [2.05, 4.69) is 5.32 Å². The van der Waals surface area contributed by atoms with Gasteiger partial charge in [-0.3, -0.25) is 24.6 Å². The zero-order chi connectivity index (χ0) is 18.4. The first-order chi connectivity index (χ1) is 11.9. The van der Waals surface area contributed by atoms with Crippen LogP contribution in [0, 0.1) is 17.0 Å². The van der Waals surface area contributed by atoms with E-state index in [1.807, 2.05) is 0 Å². The topological polar surface area (TPSA) is 102 Å². The molecule has 1 atom stereocenters. The predicted octanol–water partition coefficient (Wildman–Crippen LogP) is 1.82. The molecule has 1 aromatic carbocycles. The third-order valence-electron chi connectivity index (χ3n) is 3.86. The molecule has 0 bridgehead atoms. The number of thioether (sulfide) groups is 1. The van der Waals surface area contributed by atoms with Gasteiger partial charge in [0.2, 0.25) is 5.91 Å². The SMILES string of the molecule is CCOC(=O)[C@@H]1CSCCN1CC(=O)Nc1c(C)cccc1[N+](=O)[O-]. The molecular weight excluding hydrogens is 346 g/mol. The Morgan fingerprint density at radius 3 is 2.92 bits per heavy atom. The quantitative estimate of drug-likeness (QED) is 0.465. The van der Waals surface area contributed by atoms with Crippen molar-refractivity contribution in [1.29, 1.82) is 0 Å². The summed E-state index contributed by atoms with van der Waals surface area (Å²) in [6.07, 6.45) is 0. The number of amides is 1. The van der Waals surface area contributed by atoms with Crippen molar-refractivity contribution < 1.29 is 19.2 Å². The first-order valence-corrected chi connectivity index (χ1v) is 9.11. The van der Waals surface area contributed by atoms with E-state index < -0.39 is 16.9 Å². The van der Waals surface area contributed by atoms with Gasteiger partial charge in [-0.05, 0) is 19.4 Å². The molecule has 0 aliphatic carbocycles. The molecule has 1 N–H and O–H groups in total. The Hall–Kier alpha value is -2.13. The van der Waals surface area contributed by atoms with Crippen molar-refractivity contribution in [2.45, 2.75) is 19.9 Å². The molecule has 0 saturated carbocycles. The molecule has 1 aliphatic rings. The van der Waals surface area contributed by atoms with E-state index in [1.54, 1.807) is 42.6 Å². The standard InChI is InChI=1S/C16H21N3O5S/c1-3-24-16(21)13-10-25-8-7-18(13)9-14(20)17-15-11(2)5-4-6-12(15)19(22)23/h4-6,13H,3,7-10H2,1-2H3,(H,17,20)/t13-/m0/s1. The number of nitrogens with one attached hydrogen (secondary N) is 1. The van der Waals surface area contributed by atoms with E-state index in [4.69, 9.17) is 4.74 Å². The van der Waals surface area contributed by atoms with Crippen LogP contribution in [0.3, 0.4) is 0 Å². The fourth-order valence-electron chi connectivity index (χ4n) is 2.61. The Bertz CT molecular complexity index is 667. The average Bonchev–Trinajstić information content (AvgIpc) is 2.57. The molecule has 1 saturated heterocycles. The minimum absolute atomic E-state index is 0.0183. The van der Waals surface area contributed by atoms with Gasteiger partial charge >= 0.3 is 5.97 Å². The Labute approximate surface area is 150 Å². The van der Waals surface area contributed by atoms with Crippen LogP contribution in [0.2, 0.25) is 0 Å². The smallest absolute Gasteiger partial charge is 0.324 e. The van der Waals surface area contributed by atoms with E-state index in [0.717, 1.165) is 5.75 Å². The number of nitro groups is 1. The van der Waals surface area contributed by atoms with Gasteiger partial charge in [0.15, 0.2) is 0 Å². The van der Waals surface area contributed by atoms with Crippen molar-refractivity contribution in [2.75, 3.05) is 36.5 Å². The number of hydrogen-bond donors (Lipinski definition) is 1. The number of nitrogens with zero attached hydrogens (tertiary/aromatic N) is 2. The van der Waals surface area contributed by atoms with E-state index >= 15 is 0 Å². The molecule has 0 radical (unpaired) electrons. The number of esters is 1. The van der Waals surface area contributed by atoms with Crippen molar-refractivity contribution in [1.82, 2.24) is 4.90 Å². The predicted molar refractivity (Wildman–Crippen MR) is 95.8 cm³/mol. The molecule has 0 aromatic heterocycles. The maximum absolute atomic E-state index is 12.4. The minimum Gasteiger partial charge on any atom is -0.465 e. The van der Waals surface area contributed by atoms with Gasteiger partial charge in [-0.25, -0.2) is 0 Å². The number of benzene rings is 1. The van der Waals surface area contributed by atoms with E-state index in [-0.39, 0.29) is 30.5 Å². The molecule has 0 spiro atoms. The molecule has 25 heavy (non-hydrogen) atoms. The number of carbonyl (C=O) groups excluding carboxylic acids is 2. The summed E-state index contributed by atoms with van der Waals surface area (Å²) in [6.45, 7) is 4.28. The molecule has 136 valence electrons. The Morgan fingerprint density at radius 1 is 1.48 bits per heavy atom. The van der Waals surface area contributed by atoms with Crippen molar-refractivity contribution in [3.05, 3.63) is 33.9 Å². The van der Waals surface area contributed by atoms with Gasteiger partial charge in [0.25, 0.3) is 5.69 Å². The van der Waals surface area contributed by atoms with Crippen molar-refractivity contribution >= 4 is 35.0 Å². The molecule has 2 rings (SSSR count). The maximum Gasteiger partial charge on any atom is 0.324 e. The highest BCUT2D eigenvalue weighted by Gasteiger charge is 2.31. The van der Waals surface area contributed by atoms with Gasteiger partial charge in [-0.2, -0.15) is 11.8 Å². The average molecular weight is 367 g/mol. The van der Waals surface area contributed by atoms with Gasteiger partial charge in [0, 0.05) is 24.1 Å². The second-order valence-electron chi connectivity index (χ2n) is 5.59. The van der Waals surface area contributed by atoms with E-state index in [9.17, 15) is 19.7 Å². The second kappa shape index (κ2) is 8.82. The summed E-state index contributed by atoms with van der Waals surface area (Å²) in [5, 5.41) is 13.8. The third-order valence-corrected chi connectivity index (χ3v) is 4.88. The van der Waals surface area contributed by atoms with Crippen molar-refractivity contribution in [3.8, 4) is 0 Å². The summed E-state index contributed by atoms with van der Waals surface area (Å²) in [5.74, 6) is 0.646. The summed E-state index contributed by atoms with van der Waals surface area (Å²) in [4.78, 5) is 36.8. The van der Waals surface area contributed by atoms with Gasteiger partial charge < -0.3 is 10.1 Å². The summed E-state index contributed by atoms with van der Waals surface area (Å²) >= 11 is 1.64. The first kappa shape index (κ1) is 19.2. The number of anilines is 1. The Kier molecular flexibility index (Phi) is 6.77. The lowest BCUT2D eigenvalue weighted by molar-refractivity contribution is -0.384. The maximum atomic E-state index is 12.4. The van der Waals surface area contributed by atoms with Crippen LogP contribution < -0.4 is 5.32 Å². The zero-order valence-corrected chi connectivity index (χ0v) is 15.0. The highest BCUT2D eigenvalue weighted by Crippen LogP contribution is 2.27.